The maximum absolute atomic E-state index is 12.7. The number of nitrogens with zero attached hydrogens (tertiary/aromatic N) is 6. The molecule has 7 N–H and O–H groups in total. The molecular weight excluding hydrogens is 446 g/mol. The van der Waals surface area contributed by atoms with E-state index in [1.807, 2.05) is 18.2 Å². The number of ketones is 2. The summed E-state index contributed by atoms with van der Waals surface area (Å²) >= 11 is 0. The minimum atomic E-state index is -0.828. The molecule has 1 saturated heterocycles. The second-order valence-corrected chi connectivity index (χ2v) is 7.42. The Bertz CT molecular complexity index is 1090. The lowest BCUT2D eigenvalue weighted by molar-refractivity contribution is -0.670. The first-order chi connectivity index (χ1) is 16.5. The molecule has 2 aliphatic rings. The number of quaternary nitrogens is 1. The number of nitrogens with two attached hydrogens (primary N) is 1. The normalized spacial score (nSPS) is 16.0. The molecule has 180 valence electrons. The van der Waals surface area contributed by atoms with Gasteiger partial charge in [0, 0.05) is 38.9 Å². The fraction of sp³-hybridized carbons (Fsp3) is 0.350. The van der Waals surface area contributed by atoms with Crippen LogP contribution in [0.3, 0.4) is 0 Å². The molecule has 4 rings (SSSR count). The lowest BCUT2D eigenvalue weighted by Crippen LogP contribution is -2.47. The molecular formula is C20H26N9O5+. The van der Waals surface area contributed by atoms with Gasteiger partial charge in [-0.15, -0.1) is 0 Å². The van der Waals surface area contributed by atoms with E-state index in [9.17, 15) is 19.7 Å². The average Bonchev–Trinajstić information content (AvgIpc) is 2.88. The number of rotatable bonds is 7. The van der Waals surface area contributed by atoms with Crippen molar-refractivity contribution in [3.63, 3.8) is 0 Å². The lowest BCUT2D eigenvalue weighted by Gasteiger charge is -2.35. The fourth-order valence-corrected chi connectivity index (χ4v) is 3.82. The quantitative estimate of drug-likeness (QED) is 0.212. The van der Waals surface area contributed by atoms with Crippen LogP contribution in [0.5, 0.6) is 0 Å². The van der Waals surface area contributed by atoms with E-state index in [4.69, 9.17) is 10.9 Å². The minimum absolute atomic E-state index is 0.0736. The van der Waals surface area contributed by atoms with Gasteiger partial charge in [0.05, 0.1) is 0 Å². The summed E-state index contributed by atoms with van der Waals surface area (Å²) in [4.78, 5) is 51.8. The number of hydrogen-bond donors (Lipinski definition) is 4. The Morgan fingerprint density at radius 3 is 2.50 bits per heavy atom. The maximum Gasteiger partial charge on any atom is 0.378 e. The first kappa shape index (κ1) is 24.6. The first-order valence-electron chi connectivity index (χ1n) is 10.5. The van der Waals surface area contributed by atoms with Crippen molar-refractivity contribution in [3.05, 3.63) is 63.5 Å². The number of carbonyl (C=O) groups excluding carboxylic acids is 2. The number of carbonyl (C=O) groups is 2. The number of allylic oxidation sites excluding steroid dienone is 2. The van der Waals surface area contributed by atoms with Crippen LogP contribution in [-0.4, -0.2) is 80.8 Å². The topological polar surface area (TPSA) is 208 Å². The van der Waals surface area contributed by atoms with Crippen molar-refractivity contribution in [1.82, 2.24) is 25.2 Å². The van der Waals surface area contributed by atoms with Crippen LogP contribution in [0.15, 0.2) is 42.1 Å². The number of anilines is 1. The molecule has 0 bridgehead atoms. The summed E-state index contributed by atoms with van der Waals surface area (Å²) in [5.41, 5.74) is 4.64. The molecule has 0 atom stereocenters. The van der Waals surface area contributed by atoms with E-state index in [0.717, 1.165) is 51.3 Å². The SMILES string of the molecule is NC1=C(NCCCN2CCN(c3ccccn3)CC2)C(=O)c2ncnc([N+](=O)[O-])c2C1=O.[NH3+]O. The molecule has 1 fully saturated rings. The smallest absolute Gasteiger partial charge is 0.378 e. The number of Topliss-reactive ketones (excluding diaryl/α,β-unsaturated/α-hetero) is 2. The minimum Gasteiger partial charge on any atom is -0.394 e. The number of aromatic nitrogens is 3. The molecule has 34 heavy (non-hydrogen) atoms. The Balaban J connectivity index is 0.00000158. The van der Waals surface area contributed by atoms with Crippen molar-refractivity contribution in [3.8, 4) is 0 Å². The summed E-state index contributed by atoms with van der Waals surface area (Å²) in [5, 5.41) is 20.8. The summed E-state index contributed by atoms with van der Waals surface area (Å²) in [6.07, 6.45) is 3.40. The van der Waals surface area contributed by atoms with Gasteiger partial charge in [0.1, 0.15) is 22.9 Å². The zero-order valence-electron chi connectivity index (χ0n) is 18.4. The van der Waals surface area contributed by atoms with Gasteiger partial charge in [-0.2, -0.15) is 0 Å². The predicted octanol–water partition coefficient (Wildman–Crippen LogP) is -1.25. The number of hydrogen-bond acceptors (Lipinski definition) is 12. The molecule has 14 nitrogen and oxygen atoms in total. The van der Waals surface area contributed by atoms with E-state index < -0.39 is 27.9 Å². The number of piperazine rings is 1. The summed E-state index contributed by atoms with van der Waals surface area (Å²) < 4.78 is 0. The molecule has 0 unspecified atom stereocenters. The van der Waals surface area contributed by atoms with E-state index in [-0.39, 0.29) is 17.1 Å². The van der Waals surface area contributed by atoms with Gasteiger partial charge in [0.25, 0.3) is 0 Å². The van der Waals surface area contributed by atoms with E-state index in [1.165, 1.54) is 0 Å². The van der Waals surface area contributed by atoms with E-state index in [1.54, 1.807) is 6.20 Å². The highest BCUT2D eigenvalue weighted by Gasteiger charge is 2.38. The van der Waals surface area contributed by atoms with Gasteiger partial charge in [0.15, 0.2) is 5.56 Å². The van der Waals surface area contributed by atoms with Crippen LogP contribution < -0.4 is 21.8 Å². The molecule has 0 radical (unpaired) electrons. The Hall–Kier alpha value is -4.01. The predicted molar refractivity (Wildman–Crippen MR) is 119 cm³/mol. The molecule has 0 amide bonds. The zero-order valence-corrected chi connectivity index (χ0v) is 18.4. The number of pyridine rings is 1. The Morgan fingerprint density at radius 1 is 1.12 bits per heavy atom. The van der Waals surface area contributed by atoms with Crippen molar-refractivity contribution in [2.75, 3.05) is 44.2 Å². The molecule has 0 aromatic carbocycles. The number of fused-ring (bicyclic) bond motifs is 1. The Morgan fingerprint density at radius 2 is 1.85 bits per heavy atom. The molecule has 2 aromatic heterocycles. The molecule has 1 aliphatic heterocycles. The molecule has 3 heterocycles. The summed E-state index contributed by atoms with van der Waals surface area (Å²) in [6, 6.07) is 5.87. The molecule has 1 aliphatic carbocycles. The van der Waals surface area contributed by atoms with Crippen LogP contribution in [0.25, 0.3) is 0 Å². The third-order valence-corrected chi connectivity index (χ3v) is 5.48. The monoisotopic (exact) mass is 472 g/mol. The van der Waals surface area contributed by atoms with Gasteiger partial charge in [0.2, 0.25) is 17.9 Å². The highest BCUT2D eigenvalue weighted by atomic mass is 16.6. The fourth-order valence-electron chi connectivity index (χ4n) is 3.82. The van der Waals surface area contributed by atoms with Crippen molar-refractivity contribution in [2.24, 2.45) is 5.73 Å². The number of nitrogens with one attached hydrogen (secondary N) is 1. The first-order valence-corrected chi connectivity index (χ1v) is 10.5. The van der Waals surface area contributed by atoms with Gasteiger partial charge in [-0.3, -0.25) is 14.5 Å². The second-order valence-electron chi connectivity index (χ2n) is 7.42. The van der Waals surface area contributed by atoms with Gasteiger partial charge >= 0.3 is 5.82 Å². The summed E-state index contributed by atoms with van der Waals surface area (Å²) in [7, 11) is 0. The van der Waals surface area contributed by atoms with Crippen molar-refractivity contribution < 1.29 is 25.6 Å². The van der Waals surface area contributed by atoms with Crippen molar-refractivity contribution in [1.29, 1.82) is 0 Å². The van der Waals surface area contributed by atoms with Gasteiger partial charge in [-0.1, -0.05) is 6.07 Å². The maximum atomic E-state index is 12.7. The molecule has 2 aromatic rings. The van der Waals surface area contributed by atoms with Gasteiger partial charge in [-0.25, -0.2) is 21.1 Å². The van der Waals surface area contributed by atoms with E-state index >= 15 is 0 Å². The Labute approximate surface area is 194 Å². The van der Waals surface area contributed by atoms with Crippen LogP contribution in [0.4, 0.5) is 11.6 Å². The highest BCUT2D eigenvalue weighted by Crippen LogP contribution is 2.27. The van der Waals surface area contributed by atoms with Crippen LogP contribution >= 0.6 is 0 Å². The Kier molecular flexibility index (Phi) is 8.13. The third kappa shape index (κ3) is 5.14. The van der Waals surface area contributed by atoms with Crippen LogP contribution in [0.1, 0.15) is 27.3 Å². The van der Waals surface area contributed by atoms with E-state index in [2.05, 4.69) is 36.0 Å². The average molecular weight is 472 g/mol. The van der Waals surface area contributed by atoms with Gasteiger partial charge in [-0.05, 0) is 35.0 Å². The van der Waals surface area contributed by atoms with Gasteiger partial charge < -0.3 is 26.1 Å². The van der Waals surface area contributed by atoms with Crippen LogP contribution in [0.2, 0.25) is 0 Å². The highest BCUT2D eigenvalue weighted by molar-refractivity contribution is 6.26. The molecule has 0 saturated carbocycles. The third-order valence-electron chi connectivity index (χ3n) is 5.48. The lowest BCUT2D eigenvalue weighted by atomic mass is 9.95. The van der Waals surface area contributed by atoms with Crippen molar-refractivity contribution >= 4 is 23.2 Å². The van der Waals surface area contributed by atoms with Crippen LogP contribution in [0, 0.1) is 10.1 Å². The van der Waals surface area contributed by atoms with E-state index in [0.29, 0.717) is 6.54 Å². The number of nitro groups is 1. The largest absolute Gasteiger partial charge is 0.394 e. The second kappa shape index (κ2) is 11.2. The summed E-state index contributed by atoms with van der Waals surface area (Å²) in [5.74, 6) is 1.04. The standard InChI is InChI=1S/C20H22N8O4.H4NO/c21-15-17(19(30)16-14(18(15)29)20(28(31)32)25-12-24-16)23-6-3-7-26-8-10-27(11-9-26)13-4-1-2-5-22-13;1-2/h1-2,4-5,12,23H,3,6-11,21H2;2H,1H3/q;+1. The molecule has 0 spiro atoms. The zero-order chi connectivity index (χ0) is 24.7. The molecule has 14 heteroatoms. The van der Waals surface area contributed by atoms with Crippen molar-refractivity contribution in [2.45, 2.75) is 6.42 Å². The van der Waals surface area contributed by atoms with Crippen LogP contribution in [-0.2, 0) is 0 Å². The summed E-state index contributed by atoms with van der Waals surface area (Å²) in [6.45, 7) is 4.77.